The van der Waals surface area contributed by atoms with Crippen LogP contribution in [-0.2, 0) is 24.3 Å². The van der Waals surface area contributed by atoms with E-state index >= 15 is 0 Å². The number of nitrogens with zero attached hydrogens (tertiary/aromatic N) is 4. The number of ether oxygens (including phenoxy) is 4. The number of likely N-dealkylation sites (tertiary alicyclic amines) is 2. The van der Waals surface area contributed by atoms with E-state index in [1.165, 1.54) is 0 Å². The van der Waals surface area contributed by atoms with Crippen molar-refractivity contribution in [2.75, 3.05) is 59.9 Å². The fourth-order valence-electron chi connectivity index (χ4n) is 8.04. The Morgan fingerprint density at radius 2 is 1.58 bits per heavy atom. The molecule has 0 radical (unpaired) electrons. The highest BCUT2D eigenvalue weighted by Crippen LogP contribution is 2.42. The van der Waals surface area contributed by atoms with E-state index in [0.717, 1.165) is 90.7 Å². The number of nitrogens with one attached hydrogen (secondary N) is 1. The molecule has 2 aliphatic rings. The summed E-state index contributed by atoms with van der Waals surface area (Å²) in [7, 11) is 6.49. The zero-order chi connectivity index (χ0) is 37.0. The third-order valence-electron chi connectivity index (χ3n) is 11.0. The van der Waals surface area contributed by atoms with E-state index in [4.69, 9.17) is 28.3 Å². The number of methoxy groups -OCH3 is 4. The number of anilines is 1. The normalized spacial score (nSPS) is 18.1. The zero-order valence-electron chi connectivity index (χ0n) is 31.5. The van der Waals surface area contributed by atoms with Gasteiger partial charge in [-0.2, -0.15) is 0 Å². The van der Waals surface area contributed by atoms with Crippen molar-refractivity contribution < 1.29 is 28.2 Å². The molecule has 280 valence electrons. The minimum absolute atomic E-state index is 0.198. The standard InChI is InChI=1S/C42H51N5O6/c1-29-10-13-34(53-29)28-47-36-9-7-6-8-35(36)44-41(47)43-32-16-20-45(21-17-32)22-18-42(26-30-11-14-33(49-2)15-12-30)19-23-46(40(42)48)27-31-24-37(50-3)39(52-5)38(25-31)51-4/h6-15,24-25,32H,16-23,26-28H2,1-5H3,(H,43,44). The van der Waals surface area contributed by atoms with Crippen molar-refractivity contribution in [1.29, 1.82) is 0 Å². The lowest BCUT2D eigenvalue weighted by atomic mass is 9.77. The van der Waals surface area contributed by atoms with E-state index in [1.54, 1.807) is 28.4 Å². The molecular weight excluding hydrogens is 670 g/mol. The topological polar surface area (TPSA) is 103 Å². The summed E-state index contributed by atoms with van der Waals surface area (Å²) in [4.78, 5) is 24.0. The van der Waals surface area contributed by atoms with Gasteiger partial charge in [0.15, 0.2) is 11.5 Å². The van der Waals surface area contributed by atoms with E-state index in [0.29, 0.717) is 49.3 Å². The van der Waals surface area contributed by atoms with Crippen molar-refractivity contribution in [2.24, 2.45) is 5.41 Å². The molecule has 2 aliphatic heterocycles. The highest BCUT2D eigenvalue weighted by atomic mass is 16.5. The molecule has 1 amide bonds. The molecule has 7 rings (SSSR count). The van der Waals surface area contributed by atoms with Crippen LogP contribution in [0.5, 0.6) is 23.0 Å². The van der Waals surface area contributed by atoms with Gasteiger partial charge < -0.3 is 43.0 Å². The largest absolute Gasteiger partial charge is 0.497 e. The van der Waals surface area contributed by atoms with Crippen LogP contribution in [0.2, 0.25) is 0 Å². The molecule has 1 N–H and O–H groups in total. The van der Waals surface area contributed by atoms with Crippen LogP contribution in [0.25, 0.3) is 11.0 Å². The number of benzene rings is 3. The van der Waals surface area contributed by atoms with Crippen LogP contribution in [-0.4, -0.2) is 85.9 Å². The Bertz CT molecular complexity index is 1990. The number of para-hydroxylation sites is 2. The number of imidazole rings is 1. The number of hydrogen-bond acceptors (Lipinski definition) is 9. The molecule has 1 atom stereocenters. The molecule has 11 heteroatoms. The molecular formula is C42H51N5O6. The molecule has 2 fully saturated rings. The number of aryl methyl sites for hydroxylation is 1. The molecule has 0 bridgehead atoms. The number of hydrogen-bond donors (Lipinski definition) is 1. The SMILES string of the molecule is COc1ccc(CC2(CCN3CCC(Nc4nc5ccccc5n4Cc4ccc(C)o4)CC3)CCN(Cc3cc(OC)c(OC)c(OC)c3)C2=O)cc1. The van der Waals surface area contributed by atoms with Crippen molar-refractivity contribution >= 4 is 22.9 Å². The molecule has 11 nitrogen and oxygen atoms in total. The first-order valence-electron chi connectivity index (χ1n) is 18.5. The minimum Gasteiger partial charge on any atom is -0.497 e. The minimum atomic E-state index is -0.501. The van der Waals surface area contributed by atoms with Gasteiger partial charge in [-0.3, -0.25) is 4.79 Å². The second-order valence-corrected chi connectivity index (χ2v) is 14.3. The van der Waals surface area contributed by atoms with Gasteiger partial charge in [0.1, 0.15) is 17.3 Å². The van der Waals surface area contributed by atoms with E-state index in [-0.39, 0.29) is 5.91 Å². The number of aromatic nitrogens is 2. The van der Waals surface area contributed by atoms with Crippen molar-refractivity contribution in [3.8, 4) is 23.0 Å². The molecule has 53 heavy (non-hydrogen) atoms. The Morgan fingerprint density at radius 3 is 2.25 bits per heavy atom. The van der Waals surface area contributed by atoms with Crippen LogP contribution in [0, 0.1) is 12.3 Å². The number of carbonyl (C=O) groups is 1. The van der Waals surface area contributed by atoms with Gasteiger partial charge in [-0.15, -0.1) is 0 Å². The lowest BCUT2D eigenvalue weighted by Gasteiger charge is -2.35. The monoisotopic (exact) mass is 721 g/mol. The first kappa shape index (κ1) is 36.2. The lowest BCUT2D eigenvalue weighted by Crippen LogP contribution is -2.43. The summed E-state index contributed by atoms with van der Waals surface area (Å²) in [5, 5.41) is 3.78. The van der Waals surface area contributed by atoms with E-state index in [2.05, 4.69) is 45.1 Å². The van der Waals surface area contributed by atoms with Gasteiger partial charge in [0.05, 0.1) is 51.4 Å². The van der Waals surface area contributed by atoms with Crippen LogP contribution in [0.15, 0.2) is 77.2 Å². The summed E-state index contributed by atoms with van der Waals surface area (Å²) in [5.74, 6) is 5.42. The van der Waals surface area contributed by atoms with Crippen LogP contribution >= 0.6 is 0 Å². The van der Waals surface area contributed by atoms with E-state index in [9.17, 15) is 4.79 Å². The van der Waals surface area contributed by atoms with E-state index in [1.807, 2.05) is 54.3 Å². The van der Waals surface area contributed by atoms with Crippen LogP contribution in [0.1, 0.15) is 48.3 Å². The maximum atomic E-state index is 14.5. The van der Waals surface area contributed by atoms with Crippen LogP contribution in [0.4, 0.5) is 5.95 Å². The maximum Gasteiger partial charge on any atom is 0.229 e. The lowest BCUT2D eigenvalue weighted by molar-refractivity contribution is -0.137. The summed E-state index contributed by atoms with van der Waals surface area (Å²) < 4.78 is 30.3. The Hall–Kier alpha value is -5.16. The van der Waals surface area contributed by atoms with Gasteiger partial charge in [-0.1, -0.05) is 24.3 Å². The summed E-state index contributed by atoms with van der Waals surface area (Å²) in [6.45, 7) is 6.53. The molecule has 4 heterocycles. The second kappa shape index (κ2) is 15.8. The highest BCUT2D eigenvalue weighted by molar-refractivity contribution is 5.85. The van der Waals surface area contributed by atoms with Gasteiger partial charge in [0.2, 0.25) is 17.6 Å². The average Bonchev–Trinajstić information content (AvgIpc) is 3.85. The predicted octanol–water partition coefficient (Wildman–Crippen LogP) is 6.95. The van der Waals surface area contributed by atoms with Crippen LogP contribution < -0.4 is 24.3 Å². The first-order valence-corrected chi connectivity index (χ1v) is 18.5. The number of piperidine rings is 1. The summed E-state index contributed by atoms with van der Waals surface area (Å²) in [5.41, 5.74) is 3.64. The Balaban J connectivity index is 1.03. The van der Waals surface area contributed by atoms with E-state index < -0.39 is 5.41 Å². The van der Waals surface area contributed by atoms with Crippen molar-refractivity contribution in [1.82, 2.24) is 19.4 Å². The van der Waals surface area contributed by atoms with Gasteiger partial charge >= 0.3 is 0 Å². The fourth-order valence-corrected chi connectivity index (χ4v) is 8.04. The molecule has 1 unspecified atom stereocenters. The molecule has 3 aromatic carbocycles. The number of rotatable bonds is 15. The molecule has 2 saturated heterocycles. The number of fused-ring (bicyclic) bond motifs is 1. The Labute approximate surface area is 311 Å². The summed E-state index contributed by atoms with van der Waals surface area (Å²) in [6.07, 6.45) is 4.27. The summed E-state index contributed by atoms with van der Waals surface area (Å²) in [6, 6.07) is 24.6. The molecule has 5 aromatic rings. The third-order valence-corrected chi connectivity index (χ3v) is 11.0. The Morgan fingerprint density at radius 1 is 0.849 bits per heavy atom. The maximum absolute atomic E-state index is 14.5. The second-order valence-electron chi connectivity index (χ2n) is 14.3. The van der Waals surface area contributed by atoms with Crippen molar-refractivity contribution in [2.45, 2.75) is 58.2 Å². The molecule has 0 aliphatic carbocycles. The predicted molar refractivity (Wildman–Crippen MR) is 205 cm³/mol. The fraction of sp³-hybridized carbons (Fsp3) is 0.429. The number of amides is 1. The third kappa shape index (κ3) is 7.81. The average molecular weight is 722 g/mol. The summed E-state index contributed by atoms with van der Waals surface area (Å²) >= 11 is 0. The van der Waals surface area contributed by atoms with Gasteiger partial charge in [-0.05, 0) is 105 Å². The number of furan rings is 1. The first-order chi connectivity index (χ1) is 25.8. The van der Waals surface area contributed by atoms with Crippen LogP contribution in [0.3, 0.4) is 0 Å². The van der Waals surface area contributed by atoms with Gasteiger partial charge in [-0.25, -0.2) is 4.98 Å². The van der Waals surface area contributed by atoms with Gasteiger partial charge in [0.25, 0.3) is 0 Å². The molecule has 0 spiro atoms. The number of carbonyl (C=O) groups excluding carboxylic acids is 1. The van der Waals surface area contributed by atoms with Gasteiger partial charge in [0, 0.05) is 32.2 Å². The Kier molecular flexibility index (Phi) is 10.8. The highest BCUT2D eigenvalue weighted by Gasteiger charge is 2.46. The van der Waals surface area contributed by atoms with Crippen molar-refractivity contribution in [3.05, 3.63) is 95.4 Å². The smallest absolute Gasteiger partial charge is 0.229 e. The molecule has 2 aromatic heterocycles. The quantitative estimate of drug-likeness (QED) is 0.123. The van der Waals surface area contributed by atoms with Crippen molar-refractivity contribution in [3.63, 3.8) is 0 Å². The zero-order valence-corrected chi connectivity index (χ0v) is 31.5. The molecule has 0 saturated carbocycles.